The molecule has 1 aromatic heterocycles. The second-order valence-corrected chi connectivity index (χ2v) is 16.5. The zero-order chi connectivity index (χ0) is 38.6. The minimum atomic E-state index is -3.89. The molecule has 2 aliphatic carbocycles. The van der Waals surface area contributed by atoms with Crippen molar-refractivity contribution >= 4 is 56.3 Å². The van der Waals surface area contributed by atoms with Crippen LogP contribution >= 0.6 is 0 Å². The molecule has 4 bridgehead atoms. The van der Waals surface area contributed by atoms with Crippen molar-refractivity contribution in [1.29, 1.82) is 0 Å². The zero-order valence-corrected chi connectivity index (χ0v) is 31.0. The summed E-state index contributed by atoms with van der Waals surface area (Å²) in [6, 6.07) is 6.62. The number of nitrogens with one attached hydrogen (secondary N) is 1. The van der Waals surface area contributed by atoms with Crippen molar-refractivity contribution in [2.45, 2.75) is 68.8 Å². The summed E-state index contributed by atoms with van der Waals surface area (Å²) >= 11 is 0. The van der Waals surface area contributed by atoms with Gasteiger partial charge in [-0.3, -0.25) is 28.7 Å². The quantitative estimate of drug-likeness (QED) is 0.190. The molecule has 0 spiro atoms. The van der Waals surface area contributed by atoms with Gasteiger partial charge in [-0.25, -0.2) is 13.4 Å². The third kappa shape index (κ3) is 8.48. The van der Waals surface area contributed by atoms with Gasteiger partial charge in [0, 0.05) is 37.5 Å². The minimum Gasteiger partial charge on any atom is -0.472 e. The van der Waals surface area contributed by atoms with E-state index in [0.29, 0.717) is 31.6 Å². The highest BCUT2D eigenvalue weighted by atomic mass is 32.2. The number of hydrogen-bond acceptors (Lipinski definition) is 10. The molecule has 2 aromatic rings. The van der Waals surface area contributed by atoms with Crippen LogP contribution in [0.3, 0.4) is 0 Å². The van der Waals surface area contributed by atoms with E-state index in [0.717, 1.165) is 22.4 Å². The van der Waals surface area contributed by atoms with E-state index in [1.807, 2.05) is 36.4 Å². The Morgan fingerprint density at radius 3 is 2.63 bits per heavy atom. The highest BCUT2D eigenvalue weighted by Gasteiger charge is 2.61. The SMILES string of the molecule is C=CCN(C[C@@H]1CC(=O)OCCC/C=C/c2ccc3ccnc(c3c2)O[C@@H]2C[C@@H](C(=O)C[C@]3(C(=O)NS(=O)(=O)C4CC4)C[C@H]3C=C)N(C2)C1=O)C(=O)C=C. The molecule has 3 fully saturated rings. The molecule has 5 atom stereocenters. The maximum atomic E-state index is 14.7. The van der Waals surface area contributed by atoms with Crippen LogP contribution < -0.4 is 9.46 Å². The molecule has 2 aliphatic heterocycles. The van der Waals surface area contributed by atoms with Gasteiger partial charge in [-0.1, -0.05) is 43.0 Å². The number of benzene rings is 1. The second-order valence-electron chi connectivity index (χ2n) is 14.5. The molecular weight excluding hydrogens is 713 g/mol. The molecular formula is C40H46N4O9S. The number of Topliss-reactive ketones (excluding diaryl/α,β-unsaturated/α-hetero) is 1. The number of fused-ring (bicyclic) bond motifs is 3. The van der Waals surface area contributed by atoms with Crippen LogP contribution in [0.1, 0.15) is 56.9 Å². The van der Waals surface area contributed by atoms with Gasteiger partial charge in [-0.2, -0.15) is 0 Å². The van der Waals surface area contributed by atoms with Crippen LogP contribution in [0.15, 0.2) is 74.5 Å². The minimum absolute atomic E-state index is 0.0399. The lowest BCUT2D eigenvalue weighted by atomic mass is 9.91. The number of hydrogen-bond donors (Lipinski definition) is 1. The van der Waals surface area contributed by atoms with E-state index in [1.165, 1.54) is 15.9 Å². The predicted octanol–water partition coefficient (Wildman–Crippen LogP) is 3.90. The average molecular weight is 759 g/mol. The van der Waals surface area contributed by atoms with Crippen LogP contribution in [0, 0.1) is 17.3 Å². The third-order valence-corrected chi connectivity index (χ3v) is 12.5. The van der Waals surface area contributed by atoms with Crippen molar-refractivity contribution in [3.63, 3.8) is 0 Å². The molecule has 286 valence electrons. The van der Waals surface area contributed by atoms with Crippen molar-refractivity contribution in [3.8, 4) is 5.88 Å². The van der Waals surface area contributed by atoms with Crippen molar-refractivity contribution in [2.24, 2.45) is 17.3 Å². The van der Waals surface area contributed by atoms with Gasteiger partial charge in [0.15, 0.2) is 5.78 Å². The predicted molar refractivity (Wildman–Crippen MR) is 201 cm³/mol. The molecule has 13 nitrogen and oxygen atoms in total. The van der Waals surface area contributed by atoms with Gasteiger partial charge in [0.25, 0.3) is 0 Å². The van der Waals surface area contributed by atoms with E-state index in [2.05, 4.69) is 29.4 Å². The number of rotatable bonds is 12. The number of carbonyl (C=O) groups excluding carboxylic acids is 5. The third-order valence-electron chi connectivity index (χ3n) is 10.6. The highest BCUT2D eigenvalue weighted by Crippen LogP contribution is 2.57. The Hall–Kier alpha value is -5.11. The van der Waals surface area contributed by atoms with E-state index < -0.39 is 74.1 Å². The standard InChI is InChI=1S/C40H46N4O9S/c1-4-17-43(35(46)6-3)24-28-20-36(47)52-18-9-7-8-10-26-11-12-27-15-16-41-37(32(27)19-26)53-30-21-33(44(25-30)38(28)48)34(45)23-40(22-29(40)5-2)39(49)42-54(50,51)31-13-14-31/h4-6,8,10-12,15-16,19,28-31,33H,1-3,7,9,13-14,17-18,20-25H2,(H,42,49)/b10-8+/t28-,29+,30+,33-,40+/m0/s1. The molecule has 1 saturated heterocycles. The molecule has 1 N–H and O–H groups in total. The molecule has 3 heterocycles. The first-order valence-electron chi connectivity index (χ1n) is 18.3. The molecule has 4 aliphatic rings. The maximum Gasteiger partial charge on any atom is 0.306 e. The molecule has 0 unspecified atom stereocenters. The Morgan fingerprint density at radius 2 is 1.93 bits per heavy atom. The molecule has 0 radical (unpaired) electrons. The first-order chi connectivity index (χ1) is 25.9. The van der Waals surface area contributed by atoms with Crippen molar-refractivity contribution < 1.29 is 41.9 Å². The molecule has 1 aromatic carbocycles. The lowest BCUT2D eigenvalue weighted by molar-refractivity contribution is -0.151. The van der Waals surface area contributed by atoms with Gasteiger partial charge in [0.2, 0.25) is 33.6 Å². The van der Waals surface area contributed by atoms with Crippen LogP contribution in [0.5, 0.6) is 5.88 Å². The van der Waals surface area contributed by atoms with Gasteiger partial charge < -0.3 is 19.3 Å². The molecule has 14 heteroatoms. The van der Waals surface area contributed by atoms with Crippen molar-refractivity contribution in [2.75, 3.05) is 26.2 Å². The number of ketones is 1. The molecule has 2 saturated carbocycles. The fraction of sp³-hybridized carbons (Fsp3) is 0.450. The van der Waals surface area contributed by atoms with Gasteiger partial charge in [0.1, 0.15) is 6.10 Å². The Morgan fingerprint density at radius 1 is 1.13 bits per heavy atom. The number of allylic oxidation sites excluding steroid dienone is 2. The Balaban J connectivity index is 1.35. The summed E-state index contributed by atoms with van der Waals surface area (Å²) in [5.74, 6) is -4.16. The second kappa shape index (κ2) is 16.1. The zero-order valence-electron chi connectivity index (χ0n) is 30.2. The number of ether oxygens (including phenoxy) is 2. The smallest absolute Gasteiger partial charge is 0.306 e. The molecule has 6 rings (SSSR count). The number of carbonyl (C=O) groups is 5. The number of pyridine rings is 1. The summed E-state index contributed by atoms with van der Waals surface area (Å²) in [4.78, 5) is 75.9. The normalized spacial score (nSPS) is 26.4. The summed E-state index contributed by atoms with van der Waals surface area (Å²) in [5, 5.41) is 0.980. The van der Waals surface area contributed by atoms with E-state index >= 15 is 0 Å². The highest BCUT2D eigenvalue weighted by molar-refractivity contribution is 7.90. The lowest BCUT2D eigenvalue weighted by Crippen LogP contribution is -2.49. The van der Waals surface area contributed by atoms with Crippen molar-refractivity contribution in [1.82, 2.24) is 19.5 Å². The number of amides is 3. The van der Waals surface area contributed by atoms with Gasteiger partial charge in [0.05, 0.1) is 42.2 Å². The van der Waals surface area contributed by atoms with Crippen molar-refractivity contribution in [3.05, 3.63) is 80.1 Å². The number of sulfonamides is 1. The van der Waals surface area contributed by atoms with Gasteiger partial charge in [-0.05, 0) is 67.2 Å². The van der Waals surface area contributed by atoms with E-state index in [4.69, 9.17) is 9.47 Å². The summed E-state index contributed by atoms with van der Waals surface area (Å²) in [6.07, 6.45) is 10.6. The van der Waals surface area contributed by atoms with E-state index in [9.17, 15) is 32.4 Å². The fourth-order valence-corrected chi connectivity index (χ4v) is 8.78. The number of nitrogens with zero attached hydrogens (tertiary/aromatic N) is 3. The van der Waals surface area contributed by atoms with Gasteiger partial charge >= 0.3 is 5.97 Å². The molecule has 3 amide bonds. The number of esters is 1. The van der Waals surface area contributed by atoms with Crippen LogP contribution in [0.4, 0.5) is 0 Å². The molecule has 54 heavy (non-hydrogen) atoms. The van der Waals surface area contributed by atoms with E-state index in [-0.39, 0.29) is 51.9 Å². The first-order valence-corrected chi connectivity index (χ1v) is 19.9. The van der Waals surface area contributed by atoms with Crippen LogP contribution in [0.25, 0.3) is 16.8 Å². The monoisotopic (exact) mass is 758 g/mol. The summed E-state index contributed by atoms with van der Waals surface area (Å²) < 4.78 is 39.7. The van der Waals surface area contributed by atoms with E-state index in [1.54, 1.807) is 12.3 Å². The average Bonchev–Trinajstić information content (AvgIpc) is 4.08. The van der Waals surface area contributed by atoms with Crippen LogP contribution in [0.2, 0.25) is 0 Å². The maximum absolute atomic E-state index is 14.7. The van der Waals surface area contributed by atoms with Gasteiger partial charge in [-0.15, -0.1) is 13.2 Å². The number of aromatic nitrogens is 1. The number of cyclic esters (lactones) is 1. The summed E-state index contributed by atoms with van der Waals surface area (Å²) in [7, 11) is -3.89. The fourth-order valence-electron chi connectivity index (χ4n) is 7.39. The van der Waals surface area contributed by atoms with Crippen LogP contribution in [-0.2, 0) is 38.7 Å². The first kappa shape index (κ1) is 38.6. The Labute approximate surface area is 315 Å². The Kier molecular flexibility index (Phi) is 11.5. The lowest BCUT2D eigenvalue weighted by Gasteiger charge is -2.31. The Bertz CT molecular complexity index is 2010. The summed E-state index contributed by atoms with van der Waals surface area (Å²) in [6.45, 7) is 11.0. The summed E-state index contributed by atoms with van der Waals surface area (Å²) in [5.41, 5.74) is -0.438. The largest absolute Gasteiger partial charge is 0.472 e. The topological polar surface area (TPSA) is 169 Å². The van der Waals surface area contributed by atoms with Crippen LogP contribution in [-0.4, -0.2) is 96.3 Å².